The molecule has 0 spiro atoms. The van der Waals surface area contributed by atoms with Crippen molar-refractivity contribution in [1.82, 2.24) is 0 Å². The number of rotatable bonds is 14. The molecule has 4 heteroatoms. The molecule has 0 saturated carbocycles. The summed E-state index contributed by atoms with van der Waals surface area (Å²) >= 11 is 0. The molecule has 1 radical (unpaired) electrons. The van der Waals surface area contributed by atoms with E-state index in [-0.39, 0.29) is 0 Å². The summed E-state index contributed by atoms with van der Waals surface area (Å²) in [6.07, 6.45) is 6.79. The van der Waals surface area contributed by atoms with Crippen molar-refractivity contribution in [3.05, 3.63) is 0 Å². The number of hydrogen-bond donors (Lipinski definition) is 0. The maximum Gasteiger partial charge on any atom is 0.273 e. The third-order valence-corrected chi connectivity index (χ3v) is 5.63. The predicted molar refractivity (Wildman–Crippen MR) is 87.2 cm³/mol. The monoisotopic (exact) mass is 303 g/mol. The van der Waals surface area contributed by atoms with Crippen LogP contribution in [0.2, 0.25) is 12.1 Å². The molecule has 0 aromatic rings. The molecule has 0 atom stereocenters. The maximum atomic E-state index is 6.42. The molecule has 3 nitrogen and oxygen atoms in total. The maximum absolute atomic E-state index is 6.42. The highest BCUT2D eigenvalue weighted by atomic mass is 28.3. The van der Waals surface area contributed by atoms with Crippen molar-refractivity contribution in [2.24, 2.45) is 0 Å². The molecule has 0 bridgehead atoms. The Bertz CT molecular complexity index is 187. The van der Waals surface area contributed by atoms with E-state index in [0.717, 1.165) is 12.8 Å². The fraction of sp³-hybridized carbons (Fsp3) is 1.00. The van der Waals surface area contributed by atoms with Crippen LogP contribution >= 0.6 is 0 Å². The smallest absolute Gasteiger partial charge is 0.273 e. The molecular formula is C16H35O3Si. The normalized spacial score (nSPS) is 12.3. The molecule has 0 aliphatic heterocycles. The predicted octanol–water partition coefficient (Wildman–Crippen LogP) is 5.12. The molecular weight excluding hydrogens is 268 g/mol. The van der Waals surface area contributed by atoms with Crippen LogP contribution in [0.3, 0.4) is 0 Å². The van der Waals surface area contributed by atoms with Gasteiger partial charge in [-0.1, -0.05) is 46.5 Å². The van der Waals surface area contributed by atoms with Gasteiger partial charge in [0.1, 0.15) is 0 Å². The molecule has 0 saturated heterocycles. The van der Waals surface area contributed by atoms with Crippen molar-refractivity contribution in [2.45, 2.75) is 91.2 Å². The lowest BCUT2D eigenvalue weighted by Crippen LogP contribution is -2.44. The van der Waals surface area contributed by atoms with Gasteiger partial charge in [-0.25, -0.2) is 0 Å². The Morgan fingerprint density at radius 3 is 1.60 bits per heavy atom. The summed E-state index contributed by atoms with van der Waals surface area (Å²) in [6, 6.07) is 2.40. The summed E-state index contributed by atoms with van der Waals surface area (Å²) < 4.78 is 18.2. The molecule has 0 unspecified atom stereocenters. The first-order valence-electron chi connectivity index (χ1n) is 8.49. The van der Waals surface area contributed by atoms with Gasteiger partial charge in [0.15, 0.2) is 0 Å². The van der Waals surface area contributed by atoms with E-state index in [1.807, 2.05) is 13.8 Å². The molecule has 0 rings (SSSR count). The highest BCUT2D eigenvalue weighted by Crippen LogP contribution is 2.26. The van der Waals surface area contributed by atoms with Crippen LogP contribution in [-0.2, 0) is 13.9 Å². The SMILES string of the molecule is CCCC[Si](CCCC)OC(CCC)(OCC)OCC. The first-order valence-corrected chi connectivity index (χ1v) is 10.3. The zero-order valence-electron chi connectivity index (χ0n) is 14.3. The van der Waals surface area contributed by atoms with Crippen LogP contribution in [0.15, 0.2) is 0 Å². The van der Waals surface area contributed by atoms with Gasteiger partial charge in [0.05, 0.1) is 0 Å². The van der Waals surface area contributed by atoms with Crippen LogP contribution in [-0.4, -0.2) is 28.2 Å². The molecule has 0 aliphatic rings. The van der Waals surface area contributed by atoms with Gasteiger partial charge in [0.2, 0.25) is 9.04 Å². The van der Waals surface area contributed by atoms with Gasteiger partial charge in [0, 0.05) is 19.6 Å². The molecule has 0 aliphatic carbocycles. The Hall–Kier alpha value is 0.0969. The summed E-state index contributed by atoms with van der Waals surface area (Å²) in [5.41, 5.74) is 0. The second kappa shape index (κ2) is 12.8. The molecule has 0 heterocycles. The Morgan fingerprint density at radius 1 is 0.750 bits per heavy atom. The summed E-state index contributed by atoms with van der Waals surface area (Å²) in [7, 11) is -0.842. The molecule has 0 fully saturated rings. The molecule has 20 heavy (non-hydrogen) atoms. The molecule has 0 amide bonds. The number of ether oxygens (including phenoxy) is 2. The summed E-state index contributed by atoms with van der Waals surface area (Å²) in [5.74, 6) is -0.784. The van der Waals surface area contributed by atoms with Gasteiger partial charge < -0.3 is 13.9 Å². The van der Waals surface area contributed by atoms with Crippen molar-refractivity contribution in [1.29, 1.82) is 0 Å². The highest BCUT2D eigenvalue weighted by Gasteiger charge is 2.35. The Balaban J connectivity index is 4.71. The fourth-order valence-electron chi connectivity index (χ4n) is 2.24. The fourth-order valence-corrected chi connectivity index (χ4v) is 4.85. The minimum absolute atomic E-state index is 0.636. The highest BCUT2D eigenvalue weighted by molar-refractivity contribution is 6.51. The van der Waals surface area contributed by atoms with Crippen LogP contribution < -0.4 is 0 Å². The van der Waals surface area contributed by atoms with Gasteiger partial charge in [-0.15, -0.1) is 0 Å². The van der Waals surface area contributed by atoms with Gasteiger partial charge in [-0.05, 0) is 32.4 Å². The van der Waals surface area contributed by atoms with Crippen molar-refractivity contribution in [3.63, 3.8) is 0 Å². The van der Waals surface area contributed by atoms with E-state index in [4.69, 9.17) is 13.9 Å². The second-order valence-corrected chi connectivity index (χ2v) is 7.43. The van der Waals surface area contributed by atoms with Crippen LogP contribution in [0.4, 0.5) is 0 Å². The van der Waals surface area contributed by atoms with Gasteiger partial charge in [-0.2, -0.15) is 0 Å². The van der Waals surface area contributed by atoms with Crippen molar-refractivity contribution < 1.29 is 13.9 Å². The topological polar surface area (TPSA) is 27.7 Å². The zero-order valence-corrected chi connectivity index (χ0v) is 15.3. The summed E-state index contributed by atoms with van der Waals surface area (Å²) in [6.45, 7) is 11.9. The molecule has 0 N–H and O–H groups in total. The van der Waals surface area contributed by atoms with Crippen LogP contribution in [0.25, 0.3) is 0 Å². The lowest BCUT2D eigenvalue weighted by molar-refractivity contribution is -0.347. The molecule has 121 valence electrons. The second-order valence-electron chi connectivity index (χ2n) is 5.15. The minimum atomic E-state index is -0.842. The Morgan fingerprint density at radius 2 is 1.25 bits per heavy atom. The van der Waals surface area contributed by atoms with Crippen LogP contribution in [0, 0.1) is 0 Å². The third-order valence-electron chi connectivity index (χ3n) is 3.20. The van der Waals surface area contributed by atoms with E-state index in [1.165, 1.54) is 37.8 Å². The standard InChI is InChI=1S/C16H35O3Si/c1-6-11-14-20(15-12-7-2)19-16(13-8-3,17-9-4)18-10-5/h6-15H2,1-5H3. The van der Waals surface area contributed by atoms with E-state index in [0.29, 0.717) is 13.2 Å². The quantitative estimate of drug-likeness (QED) is 0.329. The molecule has 0 aromatic carbocycles. The van der Waals surface area contributed by atoms with Crippen molar-refractivity contribution in [3.8, 4) is 0 Å². The summed E-state index contributed by atoms with van der Waals surface area (Å²) in [5, 5.41) is 0. The number of unbranched alkanes of at least 4 members (excludes halogenated alkanes) is 2. The average molecular weight is 304 g/mol. The van der Waals surface area contributed by atoms with Crippen molar-refractivity contribution in [2.75, 3.05) is 13.2 Å². The van der Waals surface area contributed by atoms with Crippen molar-refractivity contribution >= 4 is 9.04 Å². The first-order chi connectivity index (χ1) is 9.67. The van der Waals surface area contributed by atoms with Gasteiger partial charge in [0.25, 0.3) is 5.97 Å². The third kappa shape index (κ3) is 8.40. The van der Waals surface area contributed by atoms with Gasteiger partial charge in [-0.3, -0.25) is 0 Å². The minimum Gasteiger partial charge on any atom is -0.369 e. The Labute approximate surface area is 128 Å². The van der Waals surface area contributed by atoms with E-state index < -0.39 is 15.0 Å². The van der Waals surface area contributed by atoms with Gasteiger partial charge >= 0.3 is 0 Å². The van der Waals surface area contributed by atoms with Crippen LogP contribution in [0.1, 0.15) is 73.1 Å². The van der Waals surface area contributed by atoms with E-state index in [9.17, 15) is 0 Å². The van der Waals surface area contributed by atoms with E-state index in [2.05, 4.69) is 20.8 Å². The lowest BCUT2D eigenvalue weighted by atomic mass is 10.3. The lowest BCUT2D eigenvalue weighted by Gasteiger charge is -2.35. The van der Waals surface area contributed by atoms with Crippen LogP contribution in [0.5, 0.6) is 0 Å². The Kier molecular flexibility index (Phi) is 12.9. The largest absolute Gasteiger partial charge is 0.369 e. The summed E-state index contributed by atoms with van der Waals surface area (Å²) in [4.78, 5) is 0. The van der Waals surface area contributed by atoms with E-state index >= 15 is 0 Å². The first kappa shape index (κ1) is 20.1. The number of hydrogen-bond acceptors (Lipinski definition) is 3. The van der Waals surface area contributed by atoms with E-state index in [1.54, 1.807) is 0 Å². The average Bonchev–Trinajstić information content (AvgIpc) is 2.42. The zero-order chi connectivity index (χ0) is 15.3. The molecule has 0 aromatic heterocycles.